The number of carbonyl (C=O) groups excluding carboxylic acids is 1. The number of carbonyl (C=O) groups is 2. The number of aliphatic carboxylic acids is 1. The molecule has 0 spiro atoms. The Morgan fingerprint density at radius 2 is 1.80 bits per heavy atom. The second-order valence-electron chi connectivity index (χ2n) is 6.57. The molecule has 1 saturated carbocycles. The minimum atomic E-state index is -1.04. The molecule has 1 aromatic carbocycles. The number of methoxy groups -OCH3 is 2. The highest BCUT2D eigenvalue weighted by molar-refractivity contribution is 5.85. The van der Waals surface area contributed by atoms with Gasteiger partial charge in [-0.1, -0.05) is 19.3 Å². The Bertz CT molecular complexity index is 622. The van der Waals surface area contributed by atoms with Gasteiger partial charge in [0.15, 0.2) is 0 Å². The number of benzene rings is 1. The van der Waals surface area contributed by atoms with E-state index in [0.717, 1.165) is 43.2 Å². The first-order valence-corrected chi connectivity index (χ1v) is 8.71. The van der Waals surface area contributed by atoms with Gasteiger partial charge in [0.1, 0.15) is 17.5 Å². The summed E-state index contributed by atoms with van der Waals surface area (Å²) in [5, 5.41) is 12.2. The van der Waals surface area contributed by atoms with Gasteiger partial charge in [0.2, 0.25) is 5.91 Å². The number of rotatable bonds is 7. The molecule has 1 aromatic rings. The third kappa shape index (κ3) is 4.87. The highest BCUT2D eigenvalue weighted by Crippen LogP contribution is 2.30. The van der Waals surface area contributed by atoms with Crippen LogP contribution in [0.2, 0.25) is 0 Å². The van der Waals surface area contributed by atoms with Gasteiger partial charge in [-0.2, -0.15) is 0 Å². The van der Waals surface area contributed by atoms with E-state index >= 15 is 0 Å². The van der Waals surface area contributed by atoms with Crippen molar-refractivity contribution in [1.29, 1.82) is 0 Å². The van der Waals surface area contributed by atoms with E-state index in [1.165, 1.54) is 7.11 Å². The van der Waals surface area contributed by atoms with Gasteiger partial charge in [-0.3, -0.25) is 4.79 Å². The van der Waals surface area contributed by atoms with E-state index in [1.54, 1.807) is 13.2 Å². The monoisotopic (exact) mass is 349 g/mol. The molecule has 0 saturated heterocycles. The molecule has 138 valence electrons. The van der Waals surface area contributed by atoms with Crippen molar-refractivity contribution in [3.05, 3.63) is 23.3 Å². The first-order chi connectivity index (χ1) is 12.0. The van der Waals surface area contributed by atoms with Crippen molar-refractivity contribution >= 4 is 11.9 Å². The number of ether oxygens (including phenoxy) is 2. The van der Waals surface area contributed by atoms with Gasteiger partial charge in [0, 0.05) is 18.4 Å². The average Bonchev–Trinajstić information content (AvgIpc) is 2.62. The Labute approximate surface area is 148 Å². The molecule has 0 aromatic heterocycles. The summed E-state index contributed by atoms with van der Waals surface area (Å²) in [6.07, 6.45) is 5.05. The molecular formula is C19H27NO5. The highest BCUT2D eigenvalue weighted by Gasteiger charge is 2.27. The molecule has 0 radical (unpaired) electrons. The van der Waals surface area contributed by atoms with E-state index in [0.29, 0.717) is 11.5 Å². The van der Waals surface area contributed by atoms with Crippen molar-refractivity contribution in [3.8, 4) is 11.5 Å². The number of aryl methyl sites for hydroxylation is 1. The zero-order chi connectivity index (χ0) is 18.4. The van der Waals surface area contributed by atoms with E-state index in [4.69, 9.17) is 9.47 Å². The maximum Gasteiger partial charge on any atom is 0.326 e. The van der Waals surface area contributed by atoms with Crippen molar-refractivity contribution in [2.45, 2.75) is 51.5 Å². The first kappa shape index (κ1) is 19.1. The summed E-state index contributed by atoms with van der Waals surface area (Å²) in [7, 11) is 3.11. The van der Waals surface area contributed by atoms with Gasteiger partial charge in [-0.25, -0.2) is 4.79 Å². The Morgan fingerprint density at radius 3 is 2.36 bits per heavy atom. The van der Waals surface area contributed by atoms with Crippen molar-refractivity contribution in [2.75, 3.05) is 14.2 Å². The van der Waals surface area contributed by atoms with Crippen LogP contribution in [-0.4, -0.2) is 37.2 Å². The van der Waals surface area contributed by atoms with Crippen molar-refractivity contribution in [2.24, 2.45) is 5.92 Å². The van der Waals surface area contributed by atoms with E-state index < -0.39 is 12.0 Å². The fraction of sp³-hybridized carbons (Fsp3) is 0.579. The van der Waals surface area contributed by atoms with Crippen LogP contribution in [0.4, 0.5) is 0 Å². The fourth-order valence-electron chi connectivity index (χ4n) is 3.37. The molecule has 0 aliphatic heterocycles. The standard InChI is InChI=1S/C19H27NO5/c1-12-9-14(17(25-3)11-16(12)24-2)10-15(19(22)23)20-18(21)13-7-5-4-6-8-13/h9,11,13,15H,4-8,10H2,1-3H3,(H,20,21)(H,22,23)/t15-/m1/s1. The number of carboxylic acids is 1. The lowest BCUT2D eigenvalue weighted by molar-refractivity contribution is -0.142. The van der Waals surface area contributed by atoms with Gasteiger partial charge < -0.3 is 19.9 Å². The second kappa shape index (κ2) is 8.74. The summed E-state index contributed by atoms with van der Waals surface area (Å²) < 4.78 is 10.6. The summed E-state index contributed by atoms with van der Waals surface area (Å²) in [5.74, 6) is -0.0367. The molecule has 1 fully saturated rings. The van der Waals surface area contributed by atoms with Crippen LogP contribution in [0.5, 0.6) is 11.5 Å². The van der Waals surface area contributed by atoms with Crippen LogP contribution in [0, 0.1) is 12.8 Å². The predicted molar refractivity (Wildman–Crippen MR) is 94.1 cm³/mol. The van der Waals surface area contributed by atoms with Crippen LogP contribution in [0.15, 0.2) is 12.1 Å². The third-order valence-electron chi connectivity index (χ3n) is 4.81. The summed E-state index contributed by atoms with van der Waals surface area (Å²) >= 11 is 0. The summed E-state index contributed by atoms with van der Waals surface area (Å²) in [6, 6.07) is 2.61. The summed E-state index contributed by atoms with van der Waals surface area (Å²) in [6.45, 7) is 1.89. The number of hydrogen-bond acceptors (Lipinski definition) is 4. The smallest absolute Gasteiger partial charge is 0.326 e. The molecule has 0 unspecified atom stereocenters. The summed E-state index contributed by atoms with van der Waals surface area (Å²) in [5.41, 5.74) is 1.62. The van der Waals surface area contributed by atoms with Crippen LogP contribution in [0.25, 0.3) is 0 Å². The van der Waals surface area contributed by atoms with E-state index in [-0.39, 0.29) is 18.2 Å². The molecule has 2 rings (SSSR count). The minimum Gasteiger partial charge on any atom is -0.496 e. The lowest BCUT2D eigenvalue weighted by Gasteiger charge is -2.24. The van der Waals surface area contributed by atoms with Gasteiger partial charge >= 0.3 is 5.97 Å². The van der Waals surface area contributed by atoms with Gasteiger partial charge in [0.25, 0.3) is 0 Å². The average molecular weight is 349 g/mol. The molecule has 1 atom stereocenters. The lowest BCUT2D eigenvalue weighted by Crippen LogP contribution is -2.45. The molecule has 1 aliphatic rings. The predicted octanol–water partition coefficient (Wildman–Crippen LogP) is 2.70. The Kier molecular flexibility index (Phi) is 6.67. The topological polar surface area (TPSA) is 84.9 Å². The molecule has 0 heterocycles. The van der Waals surface area contributed by atoms with Crippen LogP contribution in [0.1, 0.15) is 43.2 Å². The fourth-order valence-corrected chi connectivity index (χ4v) is 3.37. The van der Waals surface area contributed by atoms with Crippen molar-refractivity contribution in [3.63, 3.8) is 0 Å². The van der Waals surface area contributed by atoms with Gasteiger partial charge in [0.05, 0.1) is 14.2 Å². The molecule has 0 bridgehead atoms. The third-order valence-corrected chi connectivity index (χ3v) is 4.81. The van der Waals surface area contributed by atoms with Crippen LogP contribution in [0.3, 0.4) is 0 Å². The molecule has 6 heteroatoms. The zero-order valence-corrected chi connectivity index (χ0v) is 15.1. The molecular weight excluding hydrogens is 322 g/mol. The van der Waals surface area contributed by atoms with E-state index in [1.807, 2.05) is 13.0 Å². The SMILES string of the molecule is COc1cc(OC)c(C[C@@H](NC(=O)C2CCCCC2)C(=O)O)cc1C. The first-order valence-electron chi connectivity index (χ1n) is 8.71. The van der Waals surface area contributed by atoms with Gasteiger partial charge in [-0.05, 0) is 37.0 Å². The Balaban J connectivity index is 2.14. The molecule has 1 amide bonds. The molecule has 25 heavy (non-hydrogen) atoms. The molecule has 1 aliphatic carbocycles. The largest absolute Gasteiger partial charge is 0.496 e. The number of amides is 1. The maximum absolute atomic E-state index is 12.4. The molecule has 2 N–H and O–H groups in total. The van der Waals surface area contributed by atoms with E-state index in [9.17, 15) is 14.7 Å². The second-order valence-corrected chi connectivity index (χ2v) is 6.57. The van der Waals surface area contributed by atoms with Crippen molar-refractivity contribution < 1.29 is 24.2 Å². The van der Waals surface area contributed by atoms with Crippen LogP contribution < -0.4 is 14.8 Å². The quantitative estimate of drug-likeness (QED) is 0.790. The van der Waals surface area contributed by atoms with Crippen molar-refractivity contribution in [1.82, 2.24) is 5.32 Å². The molecule has 6 nitrogen and oxygen atoms in total. The van der Waals surface area contributed by atoms with Crippen LogP contribution >= 0.6 is 0 Å². The van der Waals surface area contributed by atoms with E-state index in [2.05, 4.69) is 5.32 Å². The minimum absolute atomic E-state index is 0.0740. The number of nitrogens with one attached hydrogen (secondary N) is 1. The zero-order valence-electron chi connectivity index (χ0n) is 15.1. The number of hydrogen-bond donors (Lipinski definition) is 2. The normalized spacial score (nSPS) is 16.1. The van der Waals surface area contributed by atoms with Crippen LogP contribution in [-0.2, 0) is 16.0 Å². The Hall–Kier alpha value is -2.24. The summed E-state index contributed by atoms with van der Waals surface area (Å²) in [4.78, 5) is 24.0. The Morgan fingerprint density at radius 1 is 1.16 bits per heavy atom. The number of carboxylic acid groups (broad SMARTS) is 1. The highest BCUT2D eigenvalue weighted by atomic mass is 16.5. The van der Waals surface area contributed by atoms with Gasteiger partial charge in [-0.15, -0.1) is 0 Å². The maximum atomic E-state index is 12.4. The lowest BCUT2D eigenvalue weighted by atomic mass is 9.88.